The van der Waals surface area contributed by atoms with E-state index in [0.29, 0.717) is 39.7 Å². The minimum atomic E-state index is -0.330. The maximum Gasteiger partial charge on any atom is 0.257 e. The van der Waals surface area contributed by atoms with Crippen LogP contribution in [0.5, 0.6) is 5.75 Å². The Bertz CT molecular complexity index is 773. The van der Waals surface area contributed by atoms with Crippen LogP contribution < -0.4 is 15.4 Å². The maximum atomic E-state index is 12.3. The fourth-order valence-electron chi connectivity index (χ4n) is 1.90. The highest BCUT2D eigenvalue weighted by molar-refractivity contribution is 9.10. The molecule has 2 aromatic carbocycles. The van der Waals surface area contributed by atoms with Crippen LogP contribution in [-0.2, 0) is 4.74 Å². The SMILES string of the molecule is COCCOc1ccc(C(=O)NC(=S)Nc2cccc(Cl)c2)cc1Br. The highest BCUT2D eigenvalue weighted by atomic mass is 79.9. The molecule has 0 aliphatic rings. The Kier molecular flexibility index (Phi) is 7.64. The first-order valence-electron chi connectivity index (χ1n) is 7.29. The van der Waals surface area contributed by atoms with Crippen molar-refractivity contribution >= 4 is 56.5 Å². The molecule has 0 radical (unpaired) electrons. The largest absolute Gasteiger partial charge is 0.490 e. The Balaban J connectivity index is 1.95. The number of carbonyl (C=O) groups is 1. The van der Waals surface area contributed by atoms with E-state index in [1.54, 1.807) is 49.6 Å². The lowest BCUT2D eigenvalue weighted by molar-refractivity contribution is 0.0977. The molecule has 0 heterocycles. The first-order chi connectivity index (χ1) is 12.0. The summed E-state index contributed by atoms with van der Waals surface area (Å²) in [5, 5.41) is 6.29. The van der Waals surface area contributed by atoms with Crippen LogP contribution in [0.4, 0.5) is 5.69 Å². The Morgan fingerprint density at radius 1 is 1.24 bits per heavy atom. The fourth-order valence-corrected chi connectivity index (χ4v) is 2.79. The van der Waals surface area contributed by atoms with E-state index in [9.17, 15) is 4.79 Å². The van der Waals surface area contributed by atoms with Gasteiger partial charge in [0.15, 0.2) is 5.11 Å². The van der Waals surface area contributed by atoms with Crippen molar-refractivity contribution in [3.05, 3.63) is 57.5 Å². The summed E-state index contributed by atoms with van der Waals surface area (Å²) >= 11 is 14.4. The Morgan fingerprint density at radius 2 is 2.04 bits per heavy atom. The number of methoxy groups -OCH3 is 1. The molecule has 0 unspecified atom stereocenters. The zero-order chi connectivity index (χ0) is 18.2. The van der Waals surface area contributed by atoms with Crippen LogP contribution >= 0.6 is 39.7 Å². The van der Waals surface area contributed by atoms with E-state index in [-0.39, 0.29) is 11.0 Å². The van der Waals surface area contributed by atoms with Gasteiger partial charge in [0.25, 0.3) is 5.91 Å². The van der Waals surface area contributed by atoms with Gasteiger partial charge >= 0.3 is 0 Å². The molecule has 132 valence electrons. The average Bonchev–Trinajstić information content (AvgIpc) is 2.56. The van der Waals surface area contributed by atoms with Crippen LogP contribution in [0.1, 0.15) is 10.4 Å². The van der Waals surface area contributed by atoms with Crippen LogP contribution in [0.3, 0.4) is 0 Å². The van der Waals surface area contributed by atoms with E-state index in [0.717, 1.165) is 0 Å². The highest BCUT2D eigenvalue weighted by Gasteiger charge is 2.11. The fraction of sp³-hybridized carbons (Fsp3) is 0.176. The zero-order valence-corrected chi connectivity index (χ0v) is 16.5. The third-order valence-corrected chi connectivity index (χ3v) is 4.11. The number of hydrogen-bond donors (Lipinski definition) is 2. The van der Waals surface area contributed by atoms with Crippen LogP contribution in [0.2, 0.25) is 5.02 Å². The number of benzene rings is 2. The Hall–Kier alpha value is -1.67. The summed E-state index contributed by atoms with van der Waals surface area (Å²) in [6, 6.07) is 12.1. The van der Waals surface area contributed by atoms with Gasteiger partial charge in [-0.1, -0.05) is 17.7 Å². The molecular weight excluding hydrogens is 428 g/mol. The van der Waals surface area contributed by atoms with Gasteiger partial charge in [-0.15, -0.1) is 0 Å². The molecule has 0 aliphatic carbocycles. The van der Waals surface area contributed by atoms with Gasteiger partial charge in [-0.25, -0.2) is 0 Å². The summed E-state index contributed by atoms with van der Waals surface area (Å²) in [6.07, 6.45) is 0. The van der Waals surface area contributed by atoms with Crippen LogP contribution in [-0.4, -0.2) is 31.3 Å². The predicted octanol–water partition coefficient (Wildman–Crippen LogP) is 4.25. The van der Waals surface area contributed by atoms with Crippen molar-refractivity contribution in [2.75, 3.05) is 25.6 Å². The molecule has 8 heteroatoms. The monoisotopic (exact) mass is 442 g/mol. The van der Waals surface area contributed by atoms with E-state index < -0.39 is 0 Å². The minimum Gasteiger partial charge on any atom is -0.490 e. The van der Waals surface area contributed by atoms with Gasteiger partial charge in [0.1, 0.15) is 12.4 Å². The number of rotatable bonds is 6. The number of halogens is 2. The normalized spacial score (nSPS) is 10.2. The molecule has 0 saturated carbocycles. The standard InChI is InChI=1S/C17H16BrClN2O3S/c1-23-7-8-24-15-6-5-11(9-14(15)18)16(22)21-17(25)20-13-4-2-3-12(19)10-13/h2-6,9-10H,7-8H2,1H3,(H2,20,21,22,25). The summed E-state index contributed by atoms with van der Waals surface area (Å²) in [6.45, 7) is 0.909. The smallest absolute Gasteiger partial charge is 0.257 e. The topological polar surface area (TPSA) is 59.6 Å². The zero-order valence-electron chi connectivity index (χ0n) is 13.3. The van der Waals surface area contributed by atoms with Crippen molar-refractivity contribution in [2.24, 2.45) is 0 Å². The van der Waals surface area contributed by atoms with Crippen molar-refractivity contribution in [2.45, 2.75) is 0 Å². The molecule has 0 spiro atoms. The Morgan fingerprint density at radius 3 is 2.72 bits per heavy atom. The molecule has 25 heavy (non-hydrogen) atoms. The third-order valence-electron chi connectivity index (χ3n) is 3.05. The molecule has 0 aromatic heterocycles. The predicted molar refractivity (Wildman–Crippen MR) is 107 cm³/mol. The lowest BCUT2D eigenvalue weighted by Crippen LogP contribution is -2.34. The molecule has 0 atom stereocenters. The highest BCUT2D eigenvalue weighted by Crippen LogP contribution is 2.26. The van der Waals surface area contributed by atoms with Gasteiger partial charge in [-0.05, 0) is 64.5 Å². The number of ether oxygens (including phenoxy) is 2. The van der Waals surface area contributed by atoms with Crippen molar-refractivity contribution in [1.29, 1.82) is 0 Å². The van der Waals surface area contributed by atoms with Gasteiger partial charge in [0.05, 0.1) is 11.1 Å². The molecule has 0 aliphatic heterocycles. The molecule has 2 N–H and O–H groups in total. The van der Waals surface area contributed by atoms with Crippen molar-refractivity contribution in [3.63, 3.8) is 0 Å². The summed E-state index contributed by atoms with van der Waals surface area (Å²) < 4.78 is 11.1. The van der Waals surface area contributed by atoms with Crippen LogP contribution in [0, 0.1) is 0 Å². The van der Waals surface area contributed by atoms with Crippen LogP contribution in [0.25, 0.3) is 0 Å². The van der Waals surface area contributed by atoms with E-state index in [2.05, 4.69) is 26.6 Å². The summed E-state index contributed by atoms with van der Waals surface area (Å²) in [5.74, 6) is 0.303. The number of hydrogen-bond acceptors (Lipinski definition) is 4. The second-order valence-corrected chi connectivity index (χ2v) is 6.60. The van der Waals surface area contributed by atoms with E-state index in [1.807, 2.05) is 0 Å². The van der Waals surface area contributed by atoms with Crippen molar-refractivity contribution in [1.82, 2.24) is 5.32 Å². The van der Waals surface area contributed by atoms with Gasteiger partial charge < -0.3 is 14.8 Å². The summed E-state index contributed by atoms with van der Waals surface area (Å²) in [5.41, 5.74) is 1.14. The molecule has 0 saturated heterocycles. The maximum absolute atomic E-state index is 12.3. The van der Waals surface area contributed by atoms with E-state index in [1.165, 1.54) is 0 Å². The average molecular weight is 444 g/mol. The molecule has 1 amide bonds. The van der Waals surface area contributed by atoms with Gasteiger partial charge in [-0.3, -0.25) is 10.1 Å². The number of nitrogens with one attached hydrogen (secondary N) is 2. The second kappa shape index (κ2) is 9.72. The quantitative estimate of drug-likeness (QED) is 0.516. The lowest BCUT2D eigenvalue weighted by atomic mass is 10.2. The third kappa shape index (κ3) is 6.28. The molecule has 0 bridgehead atoms. The second-order valence-electron chi connectivity index (χ2n) is 4.91. The number of amides is 1. The first-order valence-corrected chi connectivity index (χ1v) is 8.86. The molecule has 0 fully saturated rings. The van der Waals surface area contributed by atoms with Crippen LogP contribution in [0.15, 0.2) is 46.9 Å². The Labute approximate surface area is 164 Å². The summed E-state index contributed by atoms with van der Waals surface area (Å²) in [4.78, 5) is 12.3. The molecular formula is C17H16BrClN2O3S. The van der Waals surface area contributed by atoms with Gasteiger partial charge in [0, 0.05) is 23.4 Å². The first kappa shape index (κ1) is 19.7. The molecule has 2 rings (SSSR count). The van der Waals surface area contributed by atoms with Crippen molar-refractivity contribution in [3.8, 4) is 5.75 Å². The lowest BCUT2D eigenvalue weighted by Gasteiger charge is -2.11. The van der Waals surface area contributed by atoms with Gasteiger partial charge in [-0.2, -0.15) is 0 Å². The number of anilines is 1. The molecule has 2 aromatic rings. The minimum absolute atomic E-state index is 0.184. The van der Waals surface area contributed by atoms with Crippen molar-refractivity contribution < 1.29 is 14.3 Å². The number of thiocarbonyl (C=S) groups is 1. The van der Waals surface area contributed by atoms with Gasteiger partial charge in [0.2, 0.25) is 0 Å². The van der Waals surface area contributed by atoms with E-state index >= 15 is 0 Å². The molecule has 5 nitrogen and oxygen atoms in total. The summed E-state index contributed by atoms with van der Waals surface area (Å²) in [7, 11) is 1.60. The number of carbonyl (C=O) groups excluding carboxylic acids is 1. The van der Waals surface area contributed by atoms with E-state index in [4.69, 9.17) is 33.3 Å².